The van der Waals surface area contributed by atoms with Crippen LogP contribution in [0.5, 0.6) is 0 Å². The zero-order valence-corrected chi connectivity index (χ0v) is 18.5. The van der Waals surface area contributed by atoms with Crippen LogP contribution in [0.4, 0.5) is 11.5 Å². The van der Waals surface area contributed by atoms with E-state index in [1.807, 2.05) is 24.5 Å². The van der Waals surface area contributed by atoms with Crippen molar-refractivity contribution in [3.8, 4) is 0 Å². The van der Waals surface area contributed by atoms with E-state index >= 15 is 0 Å². The average Bonchev–Trinajstić information content (AvgIpc) is 2.84. The van der Waals surface area contributed by atoms with Crippen LogP contribution < -0.4 is 10.4 Å². The maximum Gasteiger partial charge on any atom is 0.136 e. The first-order valence-corrected chi connectivity index (χ1v) is 11.1. The van der Waals surface area contributed by atoms with Gasteiger partial charge in [0.15, 0.2) is 0 Å². The Morgan fingerprint density at radius 3 is 2.75 bits per heavy atom. The summed E-state index contributed by atoms with van der Waals surface area (Å²) >= 11 is 0. The van der Waals surface area contributed by atoms with Gasteiger partial charge in [0, 0.05) is 62.1 Å². The third-order valence-corrected chi connectivity index (χ3v) is 6.39. The third-order valence-electron chi connectivity index (χ3n) is 6.39. The summed E-state index contributed by atoms with van der Waals surface area (Å²) in [5.74, 6) is 0.984. The minimum absolute atomic E-state index is 0.399. The van der Waals surface area contributed by atoms with Crippen molar-refractivity contribution in [2.75, 3.05) is 25.0 Å². The highest BCUT2D eigenvalue weighted by Gasteiger charge is 2.23. The van der Waals surface area contributed by atoms with Gasteiger partial charge in [0.1, 0.15) is 11.3 Å². The Morgan fingerprint density at radius 2 is 1.94 bits per heavy atom. The summed E-state index contributed by atoms with van der Waals surface area (Å²) in [6.45, 7) is 7.20. The van der Waals surface area contributed by atoms with Crippen LogP contribution in [-0.2, 0) is 19.4 Å². The monoisotopic (exact) mass is 424 g/mol. The summed E-state index contributed by atoms with van der Waals surface area (Å²) in [6, 6.07) is 14.8. The predicted octanol–water partition coefficient (Wildman–Crippen LogP) is 3.98. The molecule has 0 amide bonds. The first kappa shape index (κ1) is 20.2. The number of nitrogens with zero attached hydrogens (tertiary/aromatic N) is 5. The second-order valence-corrected chi connectivity index (χ2v) is 8.40. The van der Waals surface area contributed by atoms with E-state index < -0.39 is 0 Å². The number of rotatable bonds is 4. The van der Waals surface area contributed by atoms with Gasteiger partial charge < -0.3 is 9.80 Å². The molecule has 1 N–H and O–H groups in total. The summed E-state index contributed by atoms with van der Waals surface area (Å²) in [6.07, 6.45) is 8.59. The van der Waals surface area contributed by atoms with Gasteiger partial charge in [-0.3, -0.25) is 15.0 Å². The molecule has 32 heavy (non-hydrogen) atoms. The molecule has 0 unspecified atom stereocenters. The number of aromatic nitrogens is 2. The van der Waals surface area contributed by atoms with Crippen LogP contribution >= 0.6 is 0 Å². The summed E-state index contributed by atoms with van der Waals surface area (Å²) < 4.78 is 1.70. The van der Waals surface area contributed by atoms with Crippen molar-refractivity contribution in [1.29, 1.82) is 5.41 Å². The molecule has 1 aromatic carbocycles. The number of benzene rings is 1. The lowest BCUT2D eigenvalue weighted by molar-refractivity contribution is 0.373. The van der Waals surface area contributed by atoms with Gasteiger partial charge in [-0.1, -0.05) is 30.8 Å². The Kier molecular flexibility index (Phi) is 5.35. The predicted molar refractivity (Wildman–Crippen MR) is 129 cm³/mol. The fourth-order valence-corrected chi connectivity index (χ4v) is 4.67. The normalized spacial score (nSPS) is 15.5. The molecule has 2 aliphatic heterocycles. The summed E-state index contributed by atoms with van der Waals surface area (Å²) in [5, 5.41) is 8.28. The molecular weight excluding hydrogens is 396 g/mol. The highest BCUT2D eigenvalue weighted by atomic mass is 15.2. The number of hydrogen-bond acceptors (Lipinski definition) is 5. The number of pyridine rings is 2. The van der Waals surface area contributed by atoms with Crippen LogP contribution in [0.1, 0.15) is 28.7 Å². The van der Waals surface area contributed by atoms with Crippen molar-refractivity contribution in [2.45, 2.75) is 25.8 Å². The van der Waals surface area contributed by atoms with Crippen molar-refractivity contribution < 1.29 is 0 Å². The van der Waals surface area contributed by atoms with E-state index in [0.717, 1.165) is 61.7 Å². The lowest BCUT2D eigenvalue weighted by atomic mass is 9.98. The van der Waals surface area contributed by atoms with Crippen molar-refractivity contribution in [2.24, 2.45) is 4.99 Å². The molecule has 0 spiro atoms. The van der Waals surface area contributed by atoms with Crippen LogP contribution in [0.2, 0.25) is 0 Å². The van der Waals surface area contributed by atoms with E-state index in [-0.39, 0.29) is 0 Å². The van der Waals surface area contributed by atoms with Gasteiger partial charge in [0.2, 0.25) is 0 Å². The molecule has 0 saturated carbocycles. The van der Waals surface area contributed by atoms with Crippen LogP contribution in [0.3, 0.4) is 0 Å². The van der Waals surface area contributed by atoms with Gasteiger partial charge in [0.25, 0.3) is 0 Å². The molecule has 0 fully saturated rings. The summed E-state index contributed by atoms with van der Waals surface area (Å²) in [4.78, 5) is 13.5. The molecule has 0 saturated heterocycles. The van der Waals surface area contributed by atoms with Gasteiger partial charge in [-0.25, -0.2) is 4.98 Å². The number of aliphatic imine (C=N–C) groups is 1. The first-order chi connectivity index (χ1) is 15.6. The molecule has 6 heteroatoms. The largest absolute Gasteiger partial charge is 0.367 e. The molecule has 5 rings (SSSR count). The number of aryl methyl sites for hydroxylation is 1. The number of hydrogen-bond donors (Lipinski definition) is 1. The fraction of sp³-hybridized carbons (Fsp3) is 0.269. The Balaban J connectivity index is 1.41. The van der Waals surface area contributed by atoms with Crippen LogP contribution in [0, 0.1) is 5.41 Å². The number of fused-ring (bicyclic) bond motifs is 2. The van der Waals surface area contributed by atoms with Crippen molar-refractivity contribution >= 4 is 23.5 Å². The average molecular weight is 425 g/mol. The highest BCUT2D eigenvalue weighted by molar-refractivity contribution is 5.69. The molecule has 2 aliphatic rings. The van der Waals surface area contributed by atoms with Crippen molar-refractivity contribution in [1.82, 2.24) is 14.5 Å². The molecular formula is C26H28N6. The molecule has 0 radical (unpaired) electrons. The SMILES string of the molecule is C=C(c1cnc2c(c1)CCCN2c1ccn(/C=N\C)c(=N)c1)N1CCc2ccccc2C1. The first-order valence-electron chi connectivity index (χ1n) is 11.1. The Morgan fingerprint density at radius 1 is 1.09 bits per heavy atom. The van der Waals surface area contributed by atoms with E-state index in [1.165, 1.54) is 16.7 Å². The van der Waals surface area contributed by atoms with Crippen molar-refractivity contribution in [3.63, 3.8) is 0 Å². The standard InChI is InChI=1S/C26H28N6/c1-19(30-12-9-20-6-3-4-7-22(20)17-30)23-14-21-8-5-11-32(26(21)29-16-23)24-10-13-31(18-28-2)25(27)15-24/h3-4,6-7,10,13-16,18,27H,1,5,8-9,11-12,17H2,2H3/b27-25?,28-18-. The molecule has 0 aliphatic carbocycles. The summed E-state index contributed by atoms with van der Waals surface area (Å²) in [5.41, 5.74) is 7.59. The van der Waals surface area contributed by atoms with E-state index in [1.54, 1.807) is 18.0 Å². The lowest BCUT2D eigenvalue weighted by Crippen LogP contribution is -2.30. The zero-order chi connectivity index (χ0) is 22.1. The van der Waals surface area contributed by atoms with Gasteiger partial charge >= 0.3 is 0 Å². The Hall–Kier alpha value is -3.67. The smallest absolute Gasteiger partial charge is 0.136 e. The van der Waals surface area contributed by atoms with Crippen LogP contribution in [0.15, 0.2) is 66.4 Å². The van der Waals surface area contributed by atoms with E-state index in [4.69, 9.17) is 10.4 Å². The Labute approximate surface area is 188 Å². The molecule has 0 atom stereocenters. The molecule has 3 aromatic rings. The third kappa shape index (κ3) is 3.73. The van der Waals surface area contributed by atoms with E-state index in [0.29, 0.717) is 5.49 Å². The summed E-state index contributed by atoms with van der Waals surface area (Å²) in [7, 11) is 1.71. The molecule has 0 bridgehead atoms. The van der Waals surface area contributed by atoms with E-state index in [2.05, 4.69) is 51.7 Å². The van der Waals surface area contributed by atoms with Crippen LogP contribution in [-0.4, -0.2) is 40.9 Å². The minimum atomic E-state index is 0.399. The molecule has 2 aromatic heterocycles. The van der Waals surface area contributed by atoms with Crippen LogP contribution in [0.25, 0.3) is 5.70 Å². The molecule has 162 valence electrons. The number of anilines is 2. The maximum absolute atomic E-state index is 8.28. The minimum Gasteiger partial charge on any atom is -0.367 e. The molecule has 4 heterocycles. The Bertz CT molecular complexity index is 1260. The van der Waals surface area contributed by atoms with Gasteiger partial charge in [-0.15, -0.1) is 0 Å². The van der Waals surface area contributed by atoms with Gasteiger partial charge in [-0.05, 0) is 48.1 Å². The lowest BCUT2D eigenvalue weighted by Gasteiger charge is -2.33. The maximum atomic E-state index is 8.28. The second-order valence-electron chi connectivity index (χ2n) is 8.40. The van der Waals surface area contributed by atoms with Gasteiger partial charge in [-0.2, -0.15) is 0 Å². The zero-order valence-electron chi connectivity index (χ0n) is 18.5. The fourth-order valence-electron chi connectivity index (χ4n) is 4.67. The van der Waals surface area contributed by atoms with Crippen molar-refractivity contribution in [3.05, 3.63) is 89.2 Å². The highest BCUT2D eigenvalue weighted by Crippen LogP contribution is 2.33. The second kappa shape index (κ2) is 8.46. The topological polar surface area (TPSA) is 60.5 Å². The quantitative estimate of drug-likeness (QED) is 0.509. The van der Waals surface area contributed by atoms with Gasteiger partial charge in [0.05, 0.1) is 6.34 Å². The molecule has 6 nitrogen and oxygen atoms in total. The van der Waals surface area contributed by atoms with E-state index in [9.17, 15) is 0 Å². The number of nitrogens with one attached hydrogen (secondary N) is 1.